The van der Waals surface area contributed by atoms with Crippen molar-refractivity contribution in [1.29, 1.82) is 0 Å². The van der Waals surface area contributed by atoms with Crippen LogP contribution in [0.15, 0.2) is 30.3 Å². The highest BCUT2D eigenvalue weighted by Gasteiger charge is 2.42. The van der Waals surface area contributed by atoms with Gasteiger partial charge in [0.25, 0.3) is 0 Å². The molecule has 0 amide bonds. The molecular formula is C23H36O3. The van der Waals surface area contributed by atoms with E-state index in [0.29, 0.717) is 5.92 Å². The highest BCUT2D eigenvalue weighted by molar-refractivity contribution is 5.73. The molecule has 26 heavy (non-hydrogen) atoms. The van der Waals surface area contributed by atoms with Crippen LogP contribution in [0, 0.1) is 23.7 Å². The Hall–Kier alpha value is -1.35. The molecule has 1 aromatic carbocycles. The van der Waals surface area contributed by atoms with Gasteiger partial charge in [0.2, 0.25) is 0 Å². The Morgan fingerprint density at radius 1 is 1.15 bits per heavy atom. The van der Waals surface area contributed by atoms with Crippen LogP contribution in [0.2, 0.25) is 0 Å². The van der Waals surface area contributed by atoms with Gasteiger partial charge in [-0.05, 0) is 42.6 Å². The fourth-order valence-electron chi connectivity index (χ4n) is 4.34. The molecule has 0 heterocycles. The molecule has 0 radical (unpaired) electrons. The molecule has 1 aliphatic carbocycles. The third-order valence-corrected chi connectivity index (χ3v) is 6.33. The fourth-order valence-corrected chi connectivity index (χ4v) is 4.34. The lowest BCUT2D eigenvalue weighted by atomic mass is 9.64. The summed E-state index contributed by atoms with van der Waals surface area (Å²) in [6, 6.07) is 10.5. The number of rotatable bonds is 6. The first-order chi connectivity index (χ1) is 12.1. The van der Waals surface area contributed by atoms with Crippen molar-refractivity contribution < 1.29 is 14.6 Å². The van der Waals surface area contributed by atoms with E-state index in [-0.39, 0.29) is 29.3 Å². The molecule has 2 rings (SSSR count). The van der Waals surface area contributed by atoms with Crippen molar-refractivity contribution in [3.8, 4) is 0 Å². The number of esters is 1. The second-order valence-corrected chi connectivity index (χ2v) is 9.11. The highest BCUT2D eigenvalue weighted by Crippen LogP contribution is 2.43. The van der Waals surface area contributed by atoms with Crippen LogP contribution in [0.1, 0.15) is 66.4 Å². The molecule has 1 saturated carbocycles. The lowest BCUT2D eigenvalue weighted by molar-refractivity contribution is -0.165. The average molecular weight is 361 g/mol. The zero-order valence-corrected chi connectivity index (χ0v) is 17.2. The number of benzene rings is 1. The van der Waals surface area contributed by atoms with Crippen LogP contribution < -0.4 is 0 Å². The maximum Gasteiger partial charge on any atom is 0.311 e. The minimum Gasteiger partial charge on any atom is -0.462 e. The molecule has 1 fully saturated rings. The van der Waals surface area contributed by atoms with E-state index < -0.39 is 12.0 Å². The summed E-state index contributed by atoms with van der Waals surface area (Å²) in [6.45, 7) is 12.4. The molecule has 3 heteroatoms. The van der Waals surface area contributed by atoms with Crippen LogP contribution in [-0.4, -0.2) is 23.3 Å². The van der Waals surface area contributed by atoms with Crippen LogP contribution in [0.5, 0.6) is 0 Å². The summed E-state index contributed by atoms with van der Waals surface area (Å²) in [5.74, 6) is 0.126. The van der Waals surface area contributed by atoms with Gasteiger partial charge in [0, 0.05) is 5.92 Å². The minimum atomic E-state index is -0.663. The van der Waals surface area contributed by atoms with Gasteiger partial charge in [-0.1, -0.05) is 71.4 Å². The van der Waals surface area contributed by atoms with Crippen LogP contribution in [-0.2, 0) is 14.9 Å². The Bertz CT molecular complexity index is 578. The van der Waals surface area contributed by atoms with Gasteiger partial charge < -0.3 is 9.84 Å². The van der Waals surface area contributed by atoms with Crippen LogP contribution in [0.4, 0.5) is 0 Å². The first-order valence-electron chi connectivity index (χ1n) is 10.1. The van der Waals surface area contributed by atoms with E-state index in [1.54, 1.807) is 6.92 Å². The van der Waals surface area contributed by atoms with Crippen molar-refractivity contribution in [2.24, 2.45) is 23.7 Å². The molecule has 1 N–H and O–H groups in total. The number of ether oxygens (including phenoxy) is 1. The van der Waals surface area contributed by atoms with Crippen LogP contribution in [0.25, 0.3) is 0 Å². The van der Waals surface area contributed by atoms with E-state index in [1.807, 2.05) is 19.9 Å². The van der Waals surface area contributed by atoms with E-state index in [4.69, 9.17) is 4.74 Å². The predicted octanol–water partition coefficient (Wildman–Crippen LogP) is 4.97. The summed E-state index contributed by atoms with van der Waals surface area (Å²) in [6.07, 6.45) is 2.37. The number of aliphatic hydroxyl groups is 1. The normalized spacial score (nSPS) is 26.4. The van der Waals surface area contributed by atoms with E-state index in [1.165, 1.54) is 12.0 Å². The van der Waals surface area contributed by atoms with Gasteiger partial charge >= 0.3 is 5.97 Å². The highest BCUT2D eigenvalue weighted by atomic mass is 16.5. The zero-order chi connectivity index (χ0) is 19.5. The van der Waals surface area contributed by atoms with Crippen molar-refractivity contribution in [3.63, 3.8) is 0 Å². The third kappa shape index (κ3) is 4.68. The molecule has 1 aromatic rings. The number of hydrogen-bond acceptors (Lipinski definition) is 3. The smallest absolute Gasteiger partial charge is 0.311 e. The van der Waals surface area contributed by atoms with Gasteiger partial charge in [0.1, 0.15) is 6.10 Å². The van der Waals surface area contributed by atoms with Crippen molar-refractivity contribution in [2.75, 3.05) is 0 Å². The lowest BCUT2D eigenvalue weighted by Gasteiger charge is -2.44. The molecular weight excluding hydrogens is 324 g/mol. The van der Waals surface area contributed by atoms with Gasteiger partial charge in [0.15, 0.2) is 0 Å². The first kappa shape index (κ1) is 21.0. The summed E-state index contributed by atoms with van der Waals surface area (Å²) in [5.41, 5.74) is 1.22. The van der Waals surface area contributed by atoms with Crippen molar-refractivity contribution in [2.45, 2.75) is 78.4 Å². The Morgan fingerprint density at radius 3 is 2.35 bits per heavy atom. The largest absolute Gasteiger partial charge is 0.462 e. The first-order valence-corrected chi connectivity index (χ1v) is 10.1. The number of aliphatic hydroxyl groups excluding tert-OH is 1. The van der Waals surface area contributed by atoms with Crippen molar-refractivity contribution in [3.05, 3.63) is 35.9 Å². The van der Waals surface area contributed by atoms with Gasteiger partial charge in [-0.2, -0.15) is 0 Å². The molecule has 0 aliphatic heterocycles. The monoisotopic (exact) mass is 360 g/mol. The molecule has 0 aromatic heterocycles. The van der Waals surface area contributed by atoms with Crippen LogP contribution in [0.3, 0.4) is 0 Å². The summed E-state index contributed by atoms with van der Waals surface area (Å²) in [5, 5.41) is 10.2. The summed E-state index contributed by atoms with van der Waals surface area (Å²) >= 11 is 0. The quantitative estimate of drug-likeness (QED) is 0.729. The Kier molecular flexibility index (Phi) is 6.90. The second-order valence-electron chi connectivity index (χ2n) is 9.11. The Labute approximate surface area is 159 Å². The zero-order valence-electron chi connectivity index (χ0n) is 17.2. The molecule has 0 spiro atoms. The molecule has 0 unspecified atom stereocenters. The van der Waals surface area contributed by atoms with Crippen LogP contribution >= 0.6 is 0 Å². The molecule has 5 atom stereocenters. The maximum atomic E-state index is 12.7. The average Bonchev–Trinajstić information content (AvgIpc) is 2.60. The predicted molar refractivity (Wildman–Crippen MR) is 106 cm³/mol. The van der Waals surface area contributed by atoms with Gasteiger partial charge in [0.05, 0.1) is 12.0 Å². The van der Waals surface area contributed by atoms with Crippen molar-refractivity contribution >= 4 is 5.97 Å². The molecule has 146 valence electrons. The number of carbonyl (C=O) groups is 1. The summed E-state index contributed by atoms with van der Waals surface area (Å²) in [4.78, 5) is 12.7. The molecule has 1 aliphatic rings. The fraction of sp³-hybridized carbons (Fsp3) is 0.696. The van der Waals surface area contributed by atoms with Crippen molar-refractivity contribution in [1.82, 2.24) is 0 Å². The molecule has 3 nitrogen and oxygen atoms in total. The third-order valence-electron chi connectivity index (χ3n) is 6.33. The molecule has 0 bridgehead atoms. The standard InChI is InChI=1S/C23H36O3/c1-15(2)21(24)17(4)22(25)26-20-14-16(3)12-13-19(20)23(5,6)18-10-8-7-9-11-18/h7-11,15-17,19-21,24H,12-14H2,1-6H3/t16-,17-,19-,20-,21-/m1/s1. The maximum absolute atomic E-state index is 12.7. The topological polar surface area (TPSA) is 46.5 Å². The summed E-state index contributed by atoms with van der Waals surface area (Å²) in [7, 11) is 0. The molecule has 0 saturated heterocycles. The summed E-state index contributed by atoms with van der Waals surface area (Å²) < 4.78 is 6.02. The van der Waals surface area contributed by atoms with E-state index in [0.717, 1.165) is 12.8 Å². The number of carbonyl (C=O) groups excluding carboxylic acids is 1. The van der Waals surface area contributed by atoms with Gasteiger partial charge in [-0.15, -0.1) is 0 Å². The Morgan fingerprint density at radius 2 is 1.77 bits per heavy atom. The second kappa shape index (κ2) is 8.56. The lowest BCUT2D eigenvalue weighted by Crippen LogP contribution is -2.45. The Balaban J connectivity index is 2.19. The number of hydrogen-bond donors (Lipinski definition) is 1. The van der Waals surface area contributed by atoms with E-state index in [2.05, 4.69) is 45.0 Å². The van der Waals surface area contributed by atoms with Gasteiger partial charge in [-0.25, -0.2) is 0 Å². The van der Waals surface area contributed by atoms with E-state index >= 15 is 0 Å². The van der Waals surface area contributed by atoms with Gasteiger partial charge in [-0.3, -0.25) is 4.79 Å². The minimum absolute atomic E-state index is 0.0411. The SMILES string of the molecule is CC(C)[C@@H](O)[C@@H](C)C(=O)O[C@@H]1C[C@H](C)CC[C@H]1C(C)(C)c1ccccc1. The van der Waals surface area contributed by atoms with E-state index in [9.17, 15) is 9.90 Å².